The summed E-state index contributed by atoms with van der Waals surface area (Å²) >= 11 is 0. The summed E-state index contributed by atoms with van der Waals surface area (Å²) in [5.74, 6) is -0.000323. The lowest BCUT2D eigenvalue weighted by atomic mass is 10.1. The summed E-state index contributed by atoms with van der Waals surface area (Å²) in [6.45, 7) is 7.03. The third kappa shape index (κ3) is 4.47. The van der Waals surface area contributed by atoms with Gasteiger partial charge < -0.3 is 10.6 Å². The largest absolute Gasteiger partial charge is 0.383 e. The monoisotopic (exact) mass is 234 g/mol. The lowest BCUT2D eigenvalue weighted by Crippen LogP contribution is -2.24. The number of anilines is 1. The first-order valence-corrected chi connectivity index (χ1v) is 6.32. The number of nitrogens with one attached hydrogen (secondary N) is 2. The third-order valence-electron chi connectivity index (χ3n) is 2.69. The van der Waals surface area contributed by atoms with Crippen molar-refractivity contribution < 1.29 is 4.79 Å². The molecule has 1 aromatic rings. The number of benzene rings is 1. The number of carbonyl (C=O) groups is 1. The Morgan fingerprint density at radius 2 is 2.12 bits per heavy atom. The van der Waals surface area contributed by atoms with Crippen LogP contribution in [-0.2, 0) is 0 Å². The van der Waals surface area contributed by atoms with E-state index in [1.807, 2.05) is 31.2 Å². The van der Waals surface area contributed by atoms with E-state index < -0.39 is 0 Å². The lowest BCUT2D eigenvalue weighted by Gasteiger charge is -2.13. The van der Waals surface area contributed by atoms with Crippen molar-refractivity contribution in [3.63, 3.8) is 0 Å². The zero-order valence-corrected chi connectivity index (χ0v) is 10.9. The molecular weight excluding hydrogens is 212 g/mol. The van der Waals surface area contributed by atoms with Gasteiger partial charge in [0.2, 0.25) is 0 Å². The van der Waals surface area contributed by atoms with Crippen molar-refractivity contribution in [3.05, 3.63) is 29.8 Å². The van der Waals surface area contributed by atoms with Gasteiger partial charge in [-0.3, -0.25) is 4.79 Å². The fraction of sp³-hybridized carbons (Fsp3) is 0.500. The summed E-state index contributed by atoms with van der Waals surface area (Å²) in [6, 6.07) is 8.06. The molecule has 0 aliphatic carbocycles. The third-order valence-corrected chi connectivity index (χ3v) is 2.69. The average molecular weight is 234 g/mol. The summed E-state index contributed by atoms with van der Waals surface area (Å²) in [5.41, 5.74) is 1.72. The summed E-state index contributed by atoms with van der Waals surface area (Å²) in [7, 11) is 0. The topological polar surface area (TPSA) is 41.1 Å². The predicted octanol–water partition coefficient (Wildman–Crippen LogP) is 3.04. The quantitative estimate of drug-likeness (QED) is 0.794. The molecule has 1 amide bonds. The number of rotatable bonds is 6. The van der Waals surface area contributed by atoms with Crippen molar-refractivity contribution in [2.45, 2.75) is 39.7 Å². The van der Waals surface area contributed by atoms with Crippen molar-refractivity contribution in [2.75, 3.05) is 11.9 Å². The van der Waals surface area contributed by atoms with E-state index in [2.05, 4.69) is 24.5 Å². The average Bonchev–Trinajstić information content (AvgIpc) is 2.36. The molecule has 0 saturated heterocycles. The van der Waals surface area contributed by atoms with Crippen molar-refractivity contribution in [1.82, 2.24) is 5.32 Å². The van der Waals surface area contributed by atoms with Gasteiger partial charge in [0, 0.05) is 23.8 Å². The Balaban J connectivity index is 2.68. The van der Waals surface area contributed by atoms with Gasteiger partial charge in [0.15, 0.2) is 0 Å². The number of amides is 1. The fourth-order valence-corrected chi connectivity index (χ4v) is 1.48. The molecule has 0 saturated carbocycles. The van der Waals surface area contributed by atoms with Crippen molar-refractivity contribution >= 4 is 11.6 Å². The van der Waals surface area contributed by atoms with Crippen molar-refractivity contribution in [2.24, 2.45) is 0 Å². The van der Waals surface area contributed by atoms with Gasteiger partial charge in [0.1, 0.15) is 0 Å². The Hall–Kier alpha value is -1.51. The Morgan fingerprint density at radius 1 is 1.35 bits per heavy atom. The maximum atomic E-state index is 11.8. The van der Waals surface area contributed by atoms with Crippen LogP contribution in [-0.4, -0.2) is 18.5 Å². The van der Waals surface area contributed by atoms with Crippen LogP contribution in [0.3, 0.4) is 0 Å². The molecule has 1 unspecified atom stereocenters. The van der Waals surface area contributed by atoms with E-state index in [0.29, 0.717) is 11.6 Å². The van der Waals surface area contributed by atoms with Crippen LogP contribution in [0.4, 0.5) is 5.69 Å². The first-order valence-electron chi connectivity index (χ1n) is 6.32. The molecule has 0 bridgehead atoms. The van der Waals surface area contributed by atoms with E-state index in [1.165, 1.54) is 0 Å². The van der Waals surface area contributed by atoms with Crippen molar-refractivity contribution in [1.29, 1.82) is 0 Å². The second kappa shape index (κ2) is 6.94. The molecule has 1 atom stereocenters. The minimum Gasteiger partial charge on any atom is -0.383 e. The first kappa shape index (κ1) is 13.6. The number of hydrogen-bond donors (Lipinski definition) is 2. The van der Waals surface area contributed by atoms with Gasteiger partial charge in [-0.15, -0.1) is 0 Å². The van der Waals surface area contributed by atoms with E-state index in [-0.39, 0.29) is 5.91 Å². The number of carbonyl (C=O) groups excluding carboxylic acids is 1. The minimum absolute atomic E-state index is 0.000323. The molecule has 0 aliphatic rings. The summed E-state index contributed by atoms with van der Waals surface area (Å²) in [5, 5.41) is 6.24. The molecule has 17 heavy (non-hydrogen) atoms. The van der Waals surface area contributed by atoms with Crippen LogP contribution < -0.4 is 10.6 Å². The van der Waals surface area contributed by atoms with Gasteiger partial charge in [0.25, 0.3) is 5.91 Å². The first-order chi connectivity index (χ1) is 8.17. The standard InChI is InChI=1S/C14H22N2O/c1-4-9-15-14(17)12-7-6-8-13(10-12)16-11(3)5-2/h6-8,10-11,16H,4-5,9H2,1-3H3,(H,15,17). The van der Waals surface area contributed by atoms with Crippen LogP contribution in [0.15, 0.2) is 24.3 Å². The molecule has 94 valence electrons. The lowest BCUT2D eigenvalue weighted by molar-refractivity contribution is 0.0953. The summed E-state index contributed by atoms with van der Waals surface area (Å²) in [4.78, 5) is 11.8. The zero-order chi connectivity index (χ0) is 12.7. The highest BCUT2D eigenvalue weighted by Gasteiger charge is 2.05. The molecule has 3 heteroatoms. The Labute approximate surface area is 104 Å². The van der Waals surface area contributed by atoms with Crippen LogP contribution in [0.2, 0.25) is 0 Å². The van der Waals surface area contributed by atoms with Gasteiger partial charge in [-0.1, -0.05) is 19.9 Å². The molecule has 2 N–H and O–H groups in total. The second-order valence-electron chi connectivity index (χ2n) is 4.29. The van der Waals surface area contributed by atoms with Crippen LogP contribution in [0, 0.1) is 0 Å². The van der Waals surface area contributed by atoms with Crippen LogP contribution in [0.5, 0.6) is 0 Å². The molecule has 0 aromatic heterocycles. The number of hydrogen-bond acceptors (Lipinski definition) is 2. The molecule has 1 rings (SSSR count). The Morgan fingerprint density at radius 3 is 2.76 bits per heavy atom. The molecule has 1 aromatic carbocycles. The molecular formula is C14H22N2O. The van der Waals surface area contributed by atoms with Crippen LogP contribution in [0.25, 0.3) is 0 Å². The molecule has 3 nitrogen and oxygen atoms in total. The molecule has 0 heterocycles. The van der Waals surface area contributed by atoms with Crippen LogP contribution in [0.1, 0.15) is 44.0 Å². The zero-order valence-electron chi connectivity index (χ0n) is 10.9. The fourth-order valence-electron chi connectivity index (χ4n) is 1.48. The van der Waals surface area contributed by atoms with Gasteiger partial charge in [-0.25, -0.2) is 0 Å². The SMILES string of the molecule is CCCNC(=O)c1cccc(NC(C)CC)c1. The Kier molecular flexibility index (Phi) is 5.53. The highest BCUT2D eigenvalue weighted by atomic mass is 16.1. The normalized spacial score (nSPS) is 11.9. The molecule has 0 radical (unpaired) electrons. The second-order valence-corrected chi connectivity index (χ2v) is 4.29. The smallest absolute Gasteiger partial charge is 0.251 e. The maximum Gasteiger partial charge on any atom is 0.251 e. The van der Waals surface area contributed by atoms with E-state index in [9.17, 15) is 4.79 Å². The predicted molar refractivity (Wildman–Crippen MR) is 72.4 cm³/mol. The molecule has 0 fully saturated rings. The molecule has 0 aliphatic heterocycles. The van der Waals surface area contributed by atoms with Crippen molar-refractivity contribution in [3.8, 4) is 0 Å². The van der Waals surface area contributed by atoms with E-state index in [0.717, 1.165) is 25.1 Å². The summed E-state index contributed by atoms with van der Waals surface area (Å²) in [6.07, 6.45) is 2.02. The van der Waals surface area contributed by atoms with Crippen LogP contribution >= 0.6 is 0 Å². The van der Waals surface area contributed by atoms with Gasteiger partial charge >= 0.3 is 0 Å². The maximum absolute atomic E-state index is 11.8. The van der Waals surface area contributed by atoms with E-state index in [1.54, 1.807) is 0 Å². The van der Waals surface area contributed by atoms with E-state index in [4.69, 9.17) is 0 Å². The summed E-state index contributed by atoms with van der Waals surface area (Å²) < 4.78 is 0. The minimum atomic E-state index is -0.000323. The van der Waals surface area contributed by atoms with E-state index >= 15 is 0 Å². The highest BCUT2D eigenvalue weighted by Crippen LogP contribution is 2.12. The highest BCUT2D eigenvalue weighted by molar-refractivity contribution is 5.95. The van der Waals surface area contributed by atoms with Gasteiger partial charge in [0.05, 0.1) is 0 Å². The molecule has 0 spiro atoms. The Bertz CT molecular complexity index is 363. The van der Waals surface area contributed by atoms with Gasteiger partial charge in [-0.05, 0) is 38.0 Å². The van der Waals surface area contributed by atoms with Gasteiger partial charge in [-0.2, -0.15) is 0 Å².